The molecule has 0 unspecified atom stereocenters. The number of thiazole rings is 1. The Labute approximate surface area is 170 Å². The number of nitrogens with zero attached hydrogens (tertiary/aromatic N) is 2. The first-order valence-electron chi connectivity index (χ1n) is 8.58. The molecule has 0 aliphatic carbocycles. The Bertz CT molecular complexity index is 1100. The molecule has 7 heteroatoms. The van der Waals surface area contributed by atoms with Gasteiger partial charge in [-0.3, -0.25) is 10.1 Å². The van der Waals surface area contributed by atoms with Crippen molar-refractivity contribution in [1.82, 2.24) is 10.1 Å². The van der Waals surface area contributed by atoms with Gasteiger partial charge in [0, 0.05) is 21.4 Å². The Morgan fingerprint density at radius 2 is 1.82 bits per heavy atom. The minimum atomic E-state index is -0.281. The lowest BCUT2D eigenvalue weighted by atomic mass is 10.1. The zero-order chi connectivity index (χ0) is 19.5. The van der Waals surface area contributed by atoms with E-state index in [-0.39, 0.29) is 5.91 Å². The summed E-state index contributed by atoms with van der Waals surface area (Å²) < 4.78 is 5.28. The van der Waals surface area contributed by atoms with Crippen molar-refractivity contribution in [1.29, 1.82) is 0 Å². The maximum absolute atomic E-state index is 12.9. The Morgan fingerprint density at radius 1 is 1.07 bits per heavy atom. The number of aryl methyl sites for hydroxylation is 1. The molecule has 28 heavy (non-hydrogen) atoms. The van der Waals surface area contributed by atoms with Crippen molar-refractivity contribution in [3.63, 3.8) is 0 Å². The molecule has 5 nitrogen and oxygen atoms in total. The lowest BCUT2D eigenvalue weighted by molar-refractivity contribution is 0.102. The Hall–Kier alpha value is -2.90. The minimum absolute atomic E-state index is 0.281. The summed E-state index contributed by atoms with van der Waals surface area (Å²) in [5.41, 5.74) is 3.63. The zero-order valence-corrected chi connectivity index (χ0v) is 16.9. The number of carbonyl (C=O) groups excluding carboxylic acids is 1. The standard InChI is InChI=1S/C21H17N3O2S2/c1-13-18(19(24-26-13)15-6-4-3-5-7-15)20(25)23-21-22-17(12-28-21)14-8-10-16(27-2)11-9-14/h3-12H,1-2H3,(H,22,23,25). The second-order valence-corrected chi connectivity index (χ2v) is 7.79. The quantitative estimate of drug-likeness (QED) is 0.427. The molecule has 2 heterocycles. The van der Waals surface area contributed by atoms with Crippen LogP contribution >= 0.6 is 23.1 Å². The van der Waals surface area contributed by atoms with E-state index in [2.05, 4.69) is 27.6 Å². The summed E-state index contributed by atoms with van der Waals surface area (Å²) >= 11 is 3.08. The number of nitrogens with one attached hydrogen (secondary N) is 1. The monoisotopic (exact) mass is 407 g/mol. The van der Waals surface area contributed by atoms with Gasteiger partial charge in [0.2, 0.25) is 0 Å². The van der Waals surface area contributed by atoms with Gasteiger partial charge >= 0.3 is 0 Å². The van der Waals surface area contributed by atoms with Gasteiger partial charge in [-0.1, -0.05) is 47.6 Å². The van der Waals surface area contributed by atoms with E-state index < -0.39 is 0 Å². The van der Waals surface area contributed by atoms with Crippen LogP contribution in [0.3, 0.4) is 0 Å². The van der Waals surface area contributed by atoms with E-state index >= 15 is 0 Å². The van der Waals surface area contributed by atoms with Crippen LogP contribution in [0.25, 0.3) is 22.5 Å². The Morgan fingerprint density at radius 3 is 2.54 bits per heavy atom. The number of amides is 1. The van der Waals surface area contributed by atoms with Gasteiger partial charge in [-0.25, -0.2) is 4.98 Å². The number of aromatic nitrogens is 2. The third-order valence-electron chi connectivity index (χ3n) is 4.25. The predicted molar refractivity (Wildman–Crippen MR) is 114 cm³/mol. The molecule has 4 rings (SSSR count). The summed E-state index contributed by atoms with van der Waals surface area (Å²) in [6.07, 6.45) is 2.04. The second-order valence-electron chi connectivity index (χ2n) is 6.05. The molecule has 0 bridgehead atoms. The molecule has 2 aromatic carbocycles. The predicted octanol–water partition coefficient (Wildman–Crippen LogP) is 5.75. The first kappa shape index (κ1) is 18.5. The fourth-order valence-corrected chi connectivity index (χ4v) is 3.94. The van der Waals surface area contributed by atoms with Gasteiger partial charge in [-0.15, -0.1) is 23.1 Å². The highest BCUT2D eigenvalue weighted by molar-refractivity contribution is 7.98. The van der Waals surface area contributed by atoms with Gasteiger partial charge in [0.05, 0.1) is 5.69 Å². The fraction of sp³-hybridized carbons (Fsp3) is 0.0952. The van der Waals surface area contributed by atoms with Crippen LogP contribution in [0.2, 0.25) is 0 Å². The van der Waals surface area contributed by atoms with Gasteiger partial charge in [-0.2, -0.15) is 0 Å². The van der Waals surface area contributed by atoms with Crippen molar-refractivity contribution in [2.24, 2.45) is 0 Å². The third kappa shape index (κ3) is 3.72. The average Bonchev–Trinajstić information content (AvgIpc) is 3.35. The van der Waals surface area contributed by atoms with Gasteiger partial charge in [0.15, 0.2) is 5.13 Å². The van der Waals surface area contributed by atoms with Crippen LogP contribution in [0.5, 0.6) is 0 Å². The Balaban J connectivity index is 1.57. The molecule has 0 fully saturated rings. The summed E-state index contributed by atoms with van der Waals surface area (Å²) in [7, 11) is 0. The number of thioether (sulfide) groups is 1. The maximum Gasteiger partial charge on any atom is 0.263 e. The highest BCUT2D eigenvalue weighted by Gasteiger charge is 2.22. The molecule has 140 valence electrons. The van der Waals surface area contributed by atoms with Crippen LogP contribution in [0.1, 0.15) is 16.1 Å². The summed E-state index contributed by atoms with van der Waals surface area (Å²) in [5, 5.41) is 9.40. The van der Waals surface area contributed by atoms with E-state index in [1.165, 1.54) is 16.2 Å². The third-order valence-corrected chi connectivity index (χ3v) is 5.75. The van der Waals surface area contributed by atoms with E-state index in [0.29, 0.717) is 22.1 Å². The van der Waals surface area contributed by atoms with E-state index in [0.717, 1.165) is 16.8 Å². The number of benzene rings is 2. The molecule has 4 aromatic rings. The van der Waals surface area contributed by atoms with E-state index in [1.54, 1.807) is 18.7 Å². The van der Waals surface area contributed by atoms with Crippen molar-refractivity contribution in [3.05, 3.63) is 71.3 Å². The number of anilines is 1. The smallest absolute Gasteiger partial charge is 0.263 e. The maximum atomic E-state index is 12.9. The molecule has 0 aliphatic heterocycles. The van der Waals surface area contributed by atoms with Crippen molar-refractivity contribution in [3.8, 4) is 22.5 Å². The molecule has 0 saturated heterocycles. The summed E-state index contributed by atoms with van der Waals surface area (Å²) in [6, 6.07) is 17.7. The number of hydrogen-bond acceptors (Lipinski definition) is 6. The molecule has 0 radical (unpaired) electrons. The summed E-state index contributed by atoms with van der Waals surface area (Å²) in [4.78, 5) is 18.6. The molecule has 0 saturated carbocycles. The van der Waals surface area contributed by atoms with Crippen LogP contribution < -0.4 is 5.32 Å². The van der Waals surface area contributed by atoms with Gasteiger partial charge < -0.3 is 4.52 Å². The number of hydrogen-bond donors (Lipinski definition) is 1. The number of carbonyl (C=O) groups is 1. The van der Waals surface area contributed by atoms with Crippen molar-refractivity contribution < 1.29 is 9.32 Å². The van der Waals surface area contributed by atoms with Gasteiger partial charge in [0.1, 0.15) is 17.0 Å². The van der Waals surface area contributed by atoms with E-state index in [1.807, 2.05) is 54.1 Å². The second kappa shape index (κ2) is 8.00. The van der Waals surface area contributed by atoms with Crippen molar-refractivity contribution >= 4 is 34.1 Å². The fourth-order valence-electron chi connectivity index (χ4n) is 2.82. The first-order chi connectivity index (χ1) is 13.7. The van der Waals surface area contributed by atoms with Crippen LogP contribution in [0, 0.1) is 6.92 Å². The molecule has 0 aliphatic rings. The molecule has 0 spiro atoms. The molecular formula is C21H17N3O2S2. The van der Waals surface area contributed by atoms with Crippen LogP contribution in [-0.4, -0.2) is 22.3 Å². The van der Waals surface area contributed by atoms with Gasteiger partial charge in [0.25, 0.3) is 5.91 Å². The topological polar surface area (TPSA) is 68.0 Å². The van der Waals surface area contributed by atoms with Crippen molar-refractivity contribution in [2.75, 3.05) is 11.6 Å². The summed E-state index contributed by atoms with van der Waals surface area (Å²) in [6.45, 7) is 1.73. The van der Waals surface area contributed by atoms with E-state index in [9.17, 15) is 4.79 Å². The largest absolute Gasteiger partial charge is 0.360 e. The average molecular weight is 408 g/mol. The normalized spacial score (nSPS) is 10.8. The van der Waals surface area contributed by atoms with Gasteiger partial charge in [-0.05, 0) is 25.3 Å². The molecule has 1 N–H and O–H groups in total. The zero-order valence-electron chi connectivity index (χ0n) is 15.3. The highest BCUT2D eigenvalue weighted by atomic mass is 32.2. The lowest BCUT2D eigenvalue weighted by Gasteiger charge is -2.03. The molecule has 1 amide bonds. The van der Waals surface area contributed by atoms with Crippen LogP contribution in [0.4, 0.5) is 5.13 Å². The number of rotatable bonds is 5. The first-order valence-corrected chi connectivity index (χ1v) is 10.7. The Kier molecular flexibility index (Phi) is 5.27. The summed E-state index contributed by atoms with van der Waals surface area (Å²) in [5.74, 6) is 0.192. The van der Waals surface area contributed by atoms with Crippen molar-refractivity contribution in [2.45, 2.75) is 11.8 Å². The van der Waals surface area contributed by atoms with Crippen LogP contribution in [-0.2, 0) is 0 Å². The highest BCUT2D eigenvalue weighted by Crippen LogP contribution is 2.29. The minimum Gasteiger partial charge on any atom is -0.360 e. The molecule has 0 atom stereocenters. The van der Waals surface area contributed by atoms with Crippen LogP contribution in [0.15, 0.2) is 69.4 Å². The molecule has 2 aromatic heterocycles. The van der Waals surface area contributed by atoms with E-state index in [4.69, 9.17) is 4.52 Å². The molecular weight excluding hydrogens is 390 g/mol. The lowest BCUT2D eigenvalue weighted by Crippen LogP contribution is -2.13. The SMILES string of the molecule is CSc1ccc(-c2csc(NC(=O)c3c(-c4ccccc4)noc3C)n2)cc1.